The molecule has 6 nitrogen and oxygen atoms in total. The number of anilines is 1. The van der Waals surface area contributed by atoms with Gasteiger partial charge in [0.15, 0.2) is 0 Å². The summed E-state index contributed by atoms with van der Waals surface area (Å²) in [6.07, 6.45) is 0. The first-order valence-corrected chi connectivity index (χ1v) is 6.50. The maximum atomic E-state index is 12.0. The van der Waals surface area contributed by atoms with Crippen molar-refractivity contribution in [1.29, 1.82) is 0 Å². The van der Waals surface area contributed by atoms with Crippen molar-refractivity contribution in [2.75, 3.05) is 5.32 Å². The number of hydrogen-bond acceptors (Lipinski definition) is 4. The molecule has 0 spiro atoms. The molecule has 2 aromatic rings. The van der Waals surface area contributed by atoms with Crippen LogP contribution in [0.25, 0.3) is 0 Å². The topological polar surface area (TPSA) is 92.4 Å². The average molecular weight is 288 g/mol. The molecule has 2 rings (SSSR count). The molecule has 0 unspecified atom stereocenters. The van der Waals surface area contributed by atoms with E-state index in [2.05, 4.69) is 10.5 Å². The first-order valence-electron chi connectivity index (χ1n) is 6.50. The highest BCUT2D eigenvalue weighted by Gasteiger charge is 2.15. The zero-order valence-corrected chi connectivity index (χ0v) is 12.0. The van der Waals surface area contributed by atoms with Crippen molar-refractivity contribution in [3.63, 3.8) is 0 Å². The summed E-state index contributed by atoms with van der Waals surface area (Å²) in [6.45, 7) is 5.57. The van der Waals surface area contributed by atoms with Gasteiger partial charge < -0.3 is 14.9 Å². The van der Waals surface area contributed by atoms with Crippen LogP contribution < -0.4 is 5.32 Å². The molecular weight excluding hydrogens is 272 g/mol. The standard InChI is InChI=1S/C15H16N2O4/c1-8(2)12-7-13(21-17-12)14(18)16-10-4-5-11(15(19)20)9(3)6-10/h4-8H,1-3H3,(H,16,18)(H,19,20). The van der Waals surface area contributed by atoms with Crippen molar-refractivity contribution in [2.45, 2.75) is 26.7 Å². The Morgan fingerprint density at radius 3 is 2.52 bits per heavy atom. The maximum absolute atomic E-state index is 12.0. The maximum Gasteiger partial charge on any atom is 0.335 e. The number of carbonyl (C=O) groups excluding carboxylic acids is 1. The predicted octanol–water partition coefficient (Wildman–Crippen LogP) is 3.06. The summed E-state index contributed by atoms with van der Waals surface area (Å²) < 4.78 is 5.00. The minimum Gasteiger partial charge on any atom is -0.478 e. The lowest BCUT2D eigenvalue weighted by atomic mass is 10.1. The molecule has 2 N–H and O–H groups in total. The van der Waals surface area contributed by atoms with Gasteiger partial charge in [0, 0.05) is 11.8 Å². The third kappa shape index (κ3) is 3.28. The van der Waals surface area contributed by atoms with Crippen LogP contribution in [-0.2, 0) is 0 Å². The van der Waals surface area contributed by atoms with E-state index in [1.807, 2.05) is 13.8 Å². The number of carboxylic acid groups (broad SMARTS) is 1. The Balaban J connectivity index is 2.15. The zero-order valence-electron chi connectivity index (χ0n) is 12.0. The van der Waals surface area contributed by atoms with Crippen LogP contribution in [0.3, 0.4) is 0 Å². The van der Waals surface area contributed by atoms with Gasteiger partial charge in [-0.3, -0.25) is 4.79 Å². The van der Waals surface area contributed by atoms with Gasteiger partial charge in [-0.25, -0.2) is 4.79 Å². The van der Waals surface area contributed by atoms with Gasteiger partial charge in [-0.15, -0.1) is 0 Å². The molecule has 21 heavy (non-hydrogen) atoms. The Hall–Kier alpha value is -2.63. The van der Waals surface area contributed by atoms with Crippen molar-refractivity contribution >= 4 is 17.6 Å². The summed E-state index contributed by atoms with van der Waals surface area (Å²) in [7, 11) is 0. The Kier molecular flexibility index (Phi) is 4.07. The molecule has 0 fully saturated rings. The van der Waals surface area contributed by atoms with E-state index < -0.39 is 11.9 Å². The monoisotopic (exact) mass is 288 g/mol. The van der Waals surface area contributed by atoms with E-state index in [0.717, 1.165) is 0 Å². The molecule has 0 aliphatic heterocycles. The molecule has 110 valence electrons. The van der Waals surface area contributed by atoms with Crippen molar-refractivity contribution in [3.05, 3.63) is 46.8 Å². The second-order valence-electron chi connectivity index (χ2n) is 5.06. The van der Waals surface area contributed by atoms with Crippen molar-refractivity contribution in [2.24, 2.45) is 0 Å². The largest absolute Gasteiger partial charge is 0.478 e. The van der Waals surface area contributed by atoms with E-state index in [9.17, 15) is 9.59 Å². The Morgan fingerprint density at radius 1 is 1.29 bits per heavy atom. The van der Waals surface area contributed by atoms with Gasteiger partial charge in [0.2, 0.25) is 5.76 Å². The molecule has 0 radical (unpaired) electrons. The molecule has 1 aromatic heterocycles. The summed E-state index contributed by atoms with van der Waals surface area (Å²) in [4.78, 5) is 23.0. The fraction of sp³-hybridized carbons (Fsp3) is 0.267. The van der Waals surface area contributed by atoms with E-state index in [1.54, 1.807) is 19.1 Å². The van der Waals surface area contributed by atoms with Crippen LogP contribution in [0.1, 0.15) is 51.9 Å². The highest BCUT2D eigenvalue weighted by Crippen LogP contribution is 2.18. The Morgan fingerprint density at radius 2 is 2.00 bits per heavy atom. The van der Waals surface area contributed by atoms with Gasteiger partial charge in [-0.1, -0.05) is 19.0 Å². The number of hydrogen-bond donors (Lipinski definition) is 2. The number of nitrogens with one attached hydrogen (secondary N) is 1. The second kappa shape index (κ2) is 5.78. The van der Waals surface area contributed by atoms with E-state index in [1.165, 1.54) is 12.1 Å². The Labute approximate surface area is 121 Å². The number of carbonyl (C=O) groups is 2. The molecule has 0 atom stereocenters. The summed E-state index contributed by atoms with van der Waals surface area (Å²) in [5.41, 5.74) is 1.98. The molecule has 1 heterocycles. The molecule has 0 bridgehead atoms. The van der Waals surface area contributed by atoms with Crippen LogP contribution in [-0.4, -0.2) is 22.1 Å². The minimum atomic E-state index is -0.998. The number of rotatable bonds is 4. The van der Waals surface area contributed by atoms with Crippen molar-refractivity contribution < 1.29 is 19.2 Å². The lowest BCUT2D eigenvalue weighted by Gasteiger charge is -2.06. The van der Waals surface area contributed by atoms with Crippen LogP contribution in [0.5, 0.6) is 0 Å². The SMILES string of the molecule is Cc1cc(NC(=O)c2cc(C(C)C)no2)ccc1C(=O)O. The first-order chi connectivity index (χ1) is 9.88. The van der Waals surface area contributed by atoms with E-state index in [-0.39, 0.29) is 17.2 Å². The van der Waals surface area contributed by atoms with Gasteiger partial charge in [-0.2, -0.15) is 0 Å². The van der Waals surface area contributed by atoms with E-state index >= 15 is 0 Å². The van der Waals surface area contributed by atoms with Gasteiger partial charge >= 0.3 is 5.97 Å². The normalized spacial score (nSPS) is 10.7. The lowest BCUT2D eigenvalue weighted by Crippen LogP contribution is -2.11. The van der Waals surface area contributed by atoms with Crippen molar-refractivity contribution in [1.82, 2.24) is 5.16 Å². The molecule has 1 amide bonds. The van der Waals surface area contributed by atoms with Gasteiger partial charge in [-0.05, 0) is 36.6 Å². The van der Waals surface area contributed by atoms with Crippen LogP contribution in [0.2, 0.25) is 0 Å². The summed E-state index contributed by atoms with van der Waals surface area (Å²) in [5.74, 6) is -1.12. The third-order valence-electron chi connectivity index (χ3n) is 3.06. The van der Waals surface area contributed by atoms with Crippen LogP contribution in [0.4, 0.5) is 5.69 Å². The number of aryl methyl sites for hydroxylation is 1. The number of aromatic nitrogens is 1. The zero-order chi connectivity index (χ0) is 15.6. The number of benzene rings is 1. The molecular formula is C15H16N2O4. The molecule has 6 heteroatoms. The molecule has 0 aliphatic carbocycles. The fourth-order valence-corrected chi connectivity index (χ4v) is 1.84. The third-order valence-corrected chi connectivity index (χ3v) is 3.06. The highest BCUT2D eigenvalue weighted by atomic mass is 16.5. The number of amides is 1. The molecule has 0 saturated heterocycles. The predicted molar refractivity (Wildman–Crippen MR) is 76.7 cm³/mol. The van der Waals surface area contributed by atoms with Gasteiger partial charge in [0.25, 0.3) is 5.91 Å². The smallest absolute Gasteiger partial charge is 0.335 e. The van der Waals surface area contributed by atoms with Crippen molar-refractivity contribution in [3.8, 4) is 0 Å². The number of carboxylic acids is 1. The first kappa shape index (κ1) is 14.8. The average Bonchev–Trinajstić information content (AvgIpc) is 2.88. The fourth-order valence-electron chi connectivity index (χ4n) is 1.84. The summed E-state index contributed by atoms with van der Waals surface area (Å²) in [6, 6.07) is 6.18. The summed E-state index contributed by atoms with van der Waals surface area (Å²) >= 11 is 0. The van der Waals surface area contributed by atoms with E-state index in [0.29, 0.717) is 16.9 Å². The number of nitrogens with zero attached hydrogens (tertiary/aromatic N) is 1. The summed E-state index contributed by atoms with van der Waals surface area (Å²) in [5, 5.41) is 15.4. The number of aromatic carboxylic acids is 1. The van der Waals surface area contributed by atoms with Crippen LogP contribution in [0.15, 0.2) is 28.8 Å². The molecule has 1 aromatic carbocycles. The highest BCUT2D eigenvalue weighted by molar-refractivity contribution is 6.02. The van der Waals surface area contributed by atoms with Gasteiger partial charge in [0.1, 0.15) is 0 Å². The van der Waals surface area contributed by atoms with Crippen LogP contribution >= 0.6 is 0 Å². The molecule has 0 saturated carbocycles. The van der Waals surface area contributed by atoms with E-state index in [4.69, 9.17) is 9.63 Å². The second-order valence-corrected chi connectivity index (χ2v) is 5.06. The van der Waals surface area contributed by atoms with Crippen LogP contribution in [0, 0.1) is 6.92 Å². The molecule has 0 aliphatic rings. The minimum absolute atomic E-state index is 0.124. The Bertz CT molecular complexity index is 689. The quantitative estimate of drug-likeness (QED) is 0.902. The lowest BCUT2D eigenvalue weighted by molar-refractivity contribution is 0.0696. The van der Waals surface area contributed by atoms with Gasteiger partial charge in [0.05, 0.1) is 11.3 Å².